The molecule has 2 nitrogen and oxygen atoms in total. The molecule has 1 aliphatic rings. The Balaban J connectivity index is 0.000000187. The summed E-state index contributed by atoms with van der Waals surface area (Å²) in [5.74, 6) is 2.93. The quantitative estimate of drug-likeness (QED) is 0.598. The van der Waals surface area contributed by atoms with Crippen LogP contribution in [0.5, 0.6) is 11.5 Å². The zero-order chi connectivity index (χ0) is 19.3. The van der Waals surface area contributed by atoms with Gasteiger partial charge in [0.2, 0.25) is 0 Å². The monoisotopic (exact) mass is 354 g/mol. The van der Waals surface area contributed by atoms with Crippen molar-refractivity contribution in [1.82, 2.24) is 0 Å². The van der Waals surface area contributed by atoms with E-state index in [4.69, 9.17) is 9.47 Å². The molecule has 0 spiro atoms. The zero-order valence-electron chi connectivity index (χ0n) is 17.4. The molecular formula is C24H34O2. The van der Waals surface area contributed by atoms with E-state index in [9.17, 15) is 0 Å². The molecule has 1 aliphatic heterocycles. The molecule has 0 saturated heterocycles. The van der Waals surface area contributed by atoms with Gasteiger partial charge in [0.05, 0.1) is 0 Å². The predicted octanol–water partition coefficient (Wildman–Crippen LogP) is 6.69. The molecule has 2 aromatic rings. The summed E-state index contributed by atoms with van der Waals surface area (Å²) in [7, 11) is 0. The van der Waals surface area contributed by atoms with Gasteiger partial charge in [-0.05, 0) is 46.1 Å². The fraction of sp³-hybridized carbons (Fsp3) is 0.500. The molecule has 26 heavy (non-hydrogen) atoms. The molecule has 0 radical (unpaired) electrons. The molecule has 0 bridgehead atoms. The van der Waals surface area contributed by atoms with Crippen molar-refractivity contribution in [3.63, 3.8) is 0 Å². The summed E-state index contributed by atoms with van der Waals surface area (Å²) in [5, 5.41) is 0. The van der Waals surface area contributed by atoms with E-state index in [1.54, 1.807) is 0 Å². The Morgan fingerprint density at radius 2 is 1.19 bits per heavy atom. The molecule has 2 heteroatoms. The lowest BCUT2D eigenvalue weighted by Gasteiger charge is -2.19. The third kappa shape index (κ3) is 5.52. The van der Waals surface area contributed by atoms with Gasteiger partial charge in [0, 0.05) is 0 Å². The first-order chi connectivity index (χ1) is 12.2. The molecule has 0 fully saturated rings. The highest BCUT2D eigenvalue weighted by Crippen LogP contribution is 2.32. The van der Waals surface area contributed by atoms with Crippen molar-refractivity contribution in [3.8, 4) is 11.5 Å². The first kappa shape index (κ1) is 20.4. The van der Waals surface area contributed by atoms with Crippen LogP contribution in [0.1, 0.15) is 77.0 Å². The number of benzene rings is 2. The topological polar surface area (TPSA) is 18.5 Å². The van der Waals surface area contributed by atoms with Crippen LogP contribution in [0.3, 0.4) is 0 Å². The molecule has 3 rings (SSSR count). The third-order valence-corrected chi connectivity index (χ3v) is 4.68. The van der Waals surface area contributed by atoms with E-state index in [1.165, 1.54) is 16.7 Å². The fourth-order valence-electron chi connectivity index (χ4n) is 2.79. The van der Waals surface area contributed by atoms with Gasteiger partial charge in [0.15, 0.2) is 11.5 Å². The molecular weight excluding hydrogens is 320 g/mol. The highest BCUT2D eigenvalue weighted by Gasteiger charge is 2.13. The number of fused-ring (bicyclic) bond motifs is 1. The van der Waals surface area contributed by atoms with E-state index in [0.717, 1.165) is 11.5 Å². The lowest BCUT2D eigenvalue weighted by molar-refractivity contribution is 0.171. The number of hydrogen-bond donors (Lipinski definition) is 0. The van der Waals surface area contributed by atoms with Crippen LogP contribution in [0, 0.1) is 0 Å². The van der Waals surface area contributed by atoms with Crippen LogP contribution in [0.4, 0.5) is 0 Å². The normalized spacial score (nSPS) is 13.4. The van der Waals surface area contributed by atoms with Gasteiger partial charge in [0.1, 0.15) is 13.2 Å². The molecule has 1 heterocycles. The average molecular weight is 355 g/mol. The number of ether oxygens (including phenoxy) is 2. The van der Waals surface area contributed by atoms with Crippen molar-refractivity contribution < 1.29 is 9.47 Å². The summed E-state index contributed by atoms with van der Waals surface area (Å²) in [6.07, 6.45) is 0. The number of rotatable bonds is 2. The van der Waals surface area contributed by atoms with Crippen LogP contribution < -0.4 is 9.47 Å². The van der Waals surface area contributed by atoms with E-state index in [2.05, 4.69) is 84.9 Å². The Labute approximate surface area is 159 Å². The van der Waals surface area contributed by atoms with Crippen LogP contribution in [0.15, 0.2) is 42.5 Å². The van der Waals surface area contributed by atoms with Crippen LogP contribution in [0.25, 0.3) is 0 Å². The van der Waals surface area contributed by atoms with Gasteiger partial charge >= 0.3 is 0 Å². The maximum atomic E-state index is 5.49. The van der Waals surface area contributed by atoms with Gasteiger partial charge < -0.3 is 9.47 Å². The molecule has 0 unspecified atom stereocenters. The Kier molecular flexibility index (Phi) is 6.75. The number of hydrogen-bond acceptors (Lipinski definition) is 2. The van der Waals surface area contributed by atoms with Crippen molar-refractivity contribution in [2.45, 2.75) is 65.7 Å². The second kappa shape index (κ2) is 8.62. The molecule has 0 saturated carbocycles. The van der Waals surface area contributed by atoms with Gasteiger partial charge in [-0.2, -0.15) is 0 Å². The first-order valence-corrected chi connectivity index (χ1v) is 9.68. The standard InChI is InChI=1S/C13H20.C11H14O2/c1-10(2)11-6-8-12(9-7-11)13(3,4)5;1-8(2)9-3-4-10-11(7-9)13-6-5-12-10/h6-10H,1-5H3;3-4,7-8H,5-6H2,1-2H3. The fourth-order valence-corrected chi connectivity index (χ4v) is 2.79. The largest absolute Gasteiger partial charge is 0.486 e. The maximum Gasteiger partial charge on any atom is 0.161 e. The molecule has 142 valence electrons. The predicted molar refractivity (Wildman–Crippen MR) is 111 cm³/mol. The summed E-state index contributed by atoms with van der Waals surface area (Å²) < 4.78 is 10.9. The zero-order valence-corrected chi connectivity index (χ0v) is 17.4. The van der Waals surface area contributed by atoms with Gasteiger partial charge in [-0.15, -0.1) is 0 Å². The minimum Gasteiger partial charge on any atom is -0.486 e. The maximum absolute atomic E-state index is 5.49. The van der Waals surface area contributed by atoms with E-state index in [1.807, 2.05) is 6.07 Å². The third-order valence-electron chi connectivity index (χ3n) is 4.68. The van der Waals surface area contributed by atoms with Crippen molar-refractivity contribution in [3.05, 3.63) is 59.2 Å². The Hall–Kier alpha value is -1.96. The second-order valence-corrected chi connectivity index (χ2v) is 8.58. The lowest BCUT2D eigenvalue weighted by Crippen LogP contribution is -2.15. The summed E-state index contributed by atoms with van der Waals surface area (Å²) in [6.45, 7) is 16.9. The average Bonchev–Trinajstić information content (AvgIpc) is 2.61. The molecule has 0 N–H and O–H groups in total. The lowest BCUT2D eigenvalue weighted by atomic mass is 9.86. The molecule has 0 amide bonds. The van der Waals surface area contributed by atoms with Gasteiger partial charge in [0.25, 0.3) is 0 Å². The van der Waals surface area contributed by atoms with Gasteiger partial charge in [-0.1, -0.05) is 78.8 Å². The van der Waals surface area contributed by atoms with Crippen molar-refractivity contribution in [2.24, 2.45) is 0 Å². The first-order valence-electron chi connectivity index (χ1n) is 9.68. The Morgan fingerprint density at radius 3 is 1.69 bits per heavy atom. The highest BCUT2D eigenvalue weighted by atomic mass is 16.6. The molecule has 0 aromatic heterocycles. The summed E-state index contributed by atoms with van der Waals surface area (Å²) in [4.78, 5) is 0. The summed E-state index contributed by atoms with van der Waals surface area (Å²) in [5.41, 5.74) is 4.41. The van der Waals surface area contributed by atoms with Crippen LogP contribution >= 0.6 is 0 Å². The van der Waals surface area contributed by atoms with E-state index < -0.39 is 0 Å². The van der Waals surface area contributed by atoms with Crippen molar-refractivity contribution in [1.29, 1.82) is 0 Å². The molecule has 0 aliphatic carbocycles. The van der Waals surface area contributed by atoms with Crippen molar-refractivity contribution in [2.75, 3.05) is 13.2 Å². The summed E-state index contributed by atoms with van der Waals surface area (Å²) in [6, 6.07) is 15.1. The van der Waals surface area contributed by atoms with Gasteiger partial charge in [-0.25, -0.2) is 0 Å². The van der Waals surface area contributed by atoms with E-state index >= 15 is 0 Å². The summed E-state index contributed by atoms with van der Waals surface area (Å²) >= 11 is 0. The van der Waals surface area contributed by atoms with Crippen LogP contribution in [-0.4, -0.2) is 13.2 Å². The molecule has 0 atom stereocenters. The van der Waals surface area contributed by atoms with E-state index in [0.29, 0.717) is 25.0 Å². The minimum atomic E-state index is 0.273. The van der Waals surface area contributed by atoms with E-state index in [-0.39, 0.29) is 5.41 Å². The van der Waals surface area contributed by atoms with Crippen LogP contribution in [-0.2, 0) is 5.41 Å². The highest BCUT2D eigenvalue weighted by molar-refractivity contribution is 5.44. The van der Waals surface area contributed by atoms with Crippen LogP contribution in [0.2, 0.25) is 0 Å². The smallest absolute Gasteiger partial charge is 0.161 e. The van der Waals surface area contributed by atoms with Crippen molar-refractivity contribution >= 4 is 0 Å². The SMILES string of the molecule is CC(C)c1ccc(C(C)(C)C)cc1.CC(C)c1ccc2c(c1)OCCO2. The molecule has 2 aromatic carbocycles. The second-order valence-electron chi connectivity index (χ2n) is 8.58. The van der Waals surface area contributed by atoms with Gasteiger partial charge in [-0.3, -0.25) is 0 Å². The minimum absolute atomic E-state index is 0.273. The Morgan fingerprint density at radius 1 is 0.692 bits per heavy atom. The Bertz CT molecular complexity index is 691.